The molecular weight excluding hydrogens is 379 g/mol. The summed E-state index contributed by atoms with van der Waals surface area (Å²) in [6, 6.07) is 27.0. The van der Waals surface area contributed by atoms with Crippen LogP contribution in [-0.4, -0.2) is 10.9 Å². The van der Waals surface area contributed by atoms with Crippen LogP contribution in [0.4, 0.5) is 4.39 Å². The monoisotopic (exact) mass is 398 g/mol. The standard InChI is InChI=1S/C25H19FN2O2/c26-21-8-4-5-17(15-21)16-27-24(29)22-13-14-23(28-25(22)30)20-11-9-19(10-12-20)18-6-2-1-3-7-18/h1-15H,16H2,(H,27,29)(H,28,30). The number of carbonyl (C=O) groups is 1. The highest BCUT2D eigenvalue weighted by atomic mass is 19.1. The number of halogens is 1. The maximum absolute atomic E-state index is 13.2. The Labute approximate surface area is 173 Å². The predicted molar refractivity (Wildman–Crippen MR) is 116 cm³/mol. The van der Waals surface area contributed by atoms with Gasteiger partial charge < -0.3 is 10.3 Å². The third kappa shape index (κ3) is 4.36. The van der Waals surface area contributed by atoms with Crippen LogP contribution in [0.3, 0.4) is 0 Å². The van der Waals surface area contributed by atoms with E-state index in [1.807, 2.05) is 54.6 Å². The number of nitrogens with one attached hydrogen (secondary N) is 2. The zero-order chi connectivity index (χ0) is 20.9. The number of aromatic nitrogens is 1. The molecule has 0 unspecified atom stereocenters. The maximum atomic E-state index is 13.2. The summed E-state index contributed by atoms with van der Waals surface area (Å²) in [7, 11) is 0. The van der Waals surface area contributed by atoms with Crippen molar-refractivity contribution in [2.45, 2.75) is 6.54 Å². The molecule has 0 fully saturated rings. The Bertz CT molecular complexity index is 1230. The van der Waals surface area contributed by atoms with Gasteiger partial charge in [0.05, 0.1) is 0 Å². The van der Waals surface area contributed by atoms with E-state index < -0.39 is 11.5 Å². The number of carbonyl (C=O) groups excluding carboxylic acids is 1. The molecule has 3 aromatic carbocycles. The predicted octanol–water partition coefficient (Wildman–Crippen LogP) is 4.78. The number of pyridine rings is 1. The molecule has 0 spiro atoms. The molecule has 0 atom stereocenters. The SMILES string of the molecule is O=C(NCc1cccc(F)c1)c1ccc(-c2ccc(-c3ccccc3)cc2)[nH]c1=O. The Hall–Kier alpha value is -3.99. The number of H-pyrrole nitrogens is 1. The summed E-state index contributed by atoms with van der Waals surface area (Å²) < 4.78 is 13.2. The van der Waals surface area contributed by atoms with Gasteiger partial charge in [0, 0.05) is 12.2 Å². The molecule has 1 amide bonds. The average Bonchev–Trinajstić information content (AvgIpc) is 2.78. The van der Waals surface area contributed by atoms with Crippen LogP contribution in [0, 0.1) is 5.82 Å². The third-order valence-corrected chi connectivity index (χ3v) is 4.80. The lowest BCUT2D eigenvalue weighted by Crippen LogP contribution is -2.29. The second-order valence-electron chi connectivity index (χ2n) is 6.87. The molecule has 1 heterocycles. The van der Waals surface area contributed by atoms with Gasteiger partial charge >= 0.3 is 0 Å². The second kappa shape index (κ2) is 8.57. The van der Waals surface area contributed by atoms with Crippen molar-refractivity contribution in [1.82, 2.24) is 10.3 Å². The van der Waals surface area contributed by atoms with Crippen LogP contribution in [0.15, 0.2) is 95.8 Å². The minimum atomic E-state index is -0.508. The Kier molecular flexibility index (Phi) is 5.52. The molecule has 5 heteroatoms. The lowest BCUT2D eigenvalue weighted by atomic mass is 10.0. The fourth-order valence-electron chi connectivity index (χ4n) is 3.22. The van der Waals surface area contributed by atoms with Crippen LogP contribution < -0.4 is 10.9 Å². The molecule has 2 N–H and O–H groups in total. The lowest BCUT2D eigenvalue weighted by Gasteiger charge is -2.07. The molecule has 1 aromatic heterocycles. The molecule has 0 bridgehead atoms. The van der Waals surface area contributed by atoms with Crippen molar-refractivity contribution in [3.63, 3.8) is 0 Å². The van der Waals surface area contributed by atoms with Gasteiger partial charge in [0.1, 0.15) is 11.4 Å². The summed E-state index contributed by atoms with van der Waals surface area (Å²) in [5.74, 6) is -0.881. The molecule has 0 saturated heterocycles. The van der Waals surface area contributed by atoms with Crippen molar-refractivity contribution in [2.75, 3.05) is 0 Å². The van der Waals surface area contributed by atoms with Gasteiger partial charge in [-0.1, -0.05) is 66.7 Å². The first-order chi connectivity index (χ1) is 14.6. The fourth-order valence-corrected chi connectivity index (χ4v) is 3.22. The minimum absolute atomic E-state index is 0.0102. The summed E-state index contributed by atoms with van der Waals surface area (Å²) in [5, 5.41) is 2.64. The molecule has 4 nitrogen and oxygen atoms in total. The number of rotatable bonds is 5. The van der Waals surface area contributed by atoms with Gasteiger partial charge in [-0.15, -0.1) is 0 Å². The van der Waals surface area contributed by atoms with Gasteiger partial charge in [-0.2, -0.15) is 0 Å². The summed E-state index contributed by atoms with van der Waals surface area (Å²) >= 11 is 0. The smallest absolute Gasteiger partial charge is 0.261 e. The normalized spacial score (nSPS) is 10.6. The van der Waals surface area contributed by atoms with E-state index in [4.69, 9.17) is 0 Å². The fraction of sp³-hybridized carbons (Fsp3) is 0.0400. The van der Waals surface area contributed by atoms with Gasteiger partial charge in [-0.3, -0.25) is 9.59 Å². The van der Waals surface area contributed by atoms with Crippen molar-refractivity contribution in [3.8, 4) is 22.4 Å². The van der Waals surface area contributed by atoms with Gasteiger partial charge in [0.2, 0.25) is 0 Å². The van der Waals surface area contributed by atoms with E-state index in [1.165, 1.54) is 18.2 Å². The van der Waals surface area contributed by atoms with Crippen molar-refractivity contribution in [3.05, 3.63) is 118 Å². The van der Waals surface area contributed by atoms with Crippen molar-refractivity contribution < 1.29 is 9.18 Å². The van der Waals surface area contributed by atoms with E-state index >= 15 is 0 Å². The molecule has 30 heavy (non-hydrogen) atoms. The van der Waals surface area contributed by atoms with Gasteiger partial charge in [-0.05, 0) is 46.5 Å². The Morgan fingerprint density at radius 3 is 2.20 bits per heavy atom. The molecule has 0 aliphatic carbocycles. The highest BCUT2D eigenvalue weighted by molar-refractivity contribution is 5.94. The topological polar surface area (TPSA) is 62.0 Å². The number of hydrogen-bond donors (Lipinski definition) is 2. The van der Waals surface area contributed by atoms with Crippen LogP contribution in [0.25, 0.3) is 22.4 Å². The highest BCUT2D eigenvalue weighted by Crippen LogP contribution is 2.23. The van der Waals surface area contributed by atoms with Crippen LogP contribution >= 0.6 is 0 Å². The van der Waals surface area contributed by atoms with Crippen molar-refractivity contribution >= 4 is 5.91 Å². The summed E-state index contributed by atoms with van der Waals surface area (Å²) in [5.41, 5.74) is 3.82. The average molecular weight is 398 g/mol. The van der Waals surface area contributed by atoms with E-state index in [-0.39, 0.29) is 17.9 Å². The second-order valence-corrected chi connectivity index (χ2v) is 6.87. The Morgan fingerprint density at radius 1 is 0.800 bits per heavy atom. The lowest BCUT2D eigenvalue weighted by molar-refractivity contribution is 0.0949. The quantitative estimate of drug-likeness (QED) is 0.508. The zero-order valence-electron chi connectivity index (χ0n) is 16.1. The molecule has 0 saturated carbocycles. The van der Waals surface area contributed by atoms with Crippen LogP contribution in [0.1, 0.15) is 15.9 Å². The molecular formula is C25H19FN2O2. The number of aromatic amines is 1. The van der Waals surface area contributed by atoms with E-state index in [0.29, 0.717) is 11.3 Å². The number of amides is 1. The highest BCUT2D eigenvalue weighted by Gasteiger charge is 2.11. The molecule has 0 radical (unpaired) electrons. The largest absolute Gasteiger partial charge is 0.348 e. The summed E-state index contributed by atoms with van der Waals surface area (Å²) in [6.45, 7) is 0.138. The van der Waals surface area contributed by atoms with Crippen LogP contribution in [0.2, 0.25) is 0 Å². The Morgan fingerprint density at radius 2 is 1.50 bits per heavy atom. The molecule has 4 aromatic rings. The summed E-state index contributed by atoms with van der Waals surface area (Å²) in [4.78, 5) is 27.5. The molecule has 4 rings (SSSR count). The van der Waals surface area contributed by atoms with Gasteiger partial charge in [0.25, 0.3) is 11.5 Å². The first-order valence-corrected chi connectivity index (χ1v) is 9.52. The van der Waals surface area contributed by atoms with E-state index in [0.717, 1.165) is 16.7 Å². The molecule has 0 aliphatic rings. The molecule has 0 aliphatic heterocycles. The van der Waals surface area contributed by atoms with E-state index in [9.17, 15) is 14.0 Å². The zero-order valence-corrected chi connectivity index (χ0v) is 16.1. The first kappa shape index (κ1) is 19.3. The number of benzene rings is 3. The first-order valence-electron chi connectivity index (χ1n) is 9.52. The van der Waals surface area contributed by atoms with Crippen LogP contribution in [0.5, 0.6) is 0 Å². The van der Waals surface area contributed by atoms with E-state index in [1.54, 1.807) is 18.2 Å². The van der Waals surface area contributed by atoms with Crippen LogP contribution in [-0.2, 0) is 6.54 Å². The Balaban J connectivity index is 1.49. The third-order valence-electron chi connectivity index (χ3n) is 4.80. The summed E-state index contributed by atoms with van der Waals surface area (Å²) in [6.07, 6.45) is 0. The molecule has 148 valence electrons. The van der Waals surface area contributed by atoms with Gasteiger partial charge in [0.15, 0.2) is 0 Å². The minimum Gasteiger partial charge on any atom is -0.348 e. The van der Waals surface area contributed by atoms with Gasteiger partial charge in [-0.25, -0.2) is 4.39 Å². The van der Waals surface area contributed by atoms with Crippen molar-refractivity contribution in [1.29, 1.82) is 0 Å². The van der Waals surface area contributed by atoms with E-state index in [2.05, 4.69) is 10.3 Å². The number of hydrogen-bond acceptors (Lipinski definition) is 2. The van der Waals surface area contributed by atoms with Crippen molar-refractivity contribution in [2.24, 2.45) is 0 Å². The maximum Gasteiger partial charge on any atom is 0.261 e.